The van der Waals surface area contributed by atoms with Crippen LogP contribution in [0.2, 0.25) is 0 Å². The van der Waals surface area contributed by atoms with E-state index in [1.54, 1.807) is 11.3 Å². The average molecular weight is 207 g/mol. The van der Waals surface area contributed by atoms with Crippen LogP contribution in [0.1, 0.15) is 11.9 Å². The van der Waals surface area contributed by atoms with Crippen molar-refractivity contribution < 1.29 is 0 Å². The maximum Gasteiger partial charge on any atom is 0.143 e. The Balaban J connectivity index is 2.11. The van der Waals surface area contributed by atoms with E-state index in [1.165, 1.54) is 5.01 Å². The van der Waals surface area contributed by atoms with Crippen LogP contribution in [0.5, 0.6) is 0 Å². The SMILES string of the molecule is CCNCCc1nc2cccnc2s1. The predicted molar refractivity (Wildman–Crippen MR) is 59.7 cm³/mol. The third kappa shape index (κ3) is 2.08. The summed E-state index contributed by atoms with van der Waals surface area (Å²) in [6.45, 7) is 4.12. The Morgan fingerprint density at radius 3 is 3.21 bits per heavy atom. The monoisotopic (exact) mass is 207 g/mol. The van der Waals surface area contributed by atoms with Crippen LogP contribution in [0.3, 0.4) is 0 Å². The molecule has 0 unspecified atom stereocenters. The molecule has 0 bridgehead atoms. The minimum atomic E-state index is 0.995. The molecular formula is C10H13N3S. The van der Waals surface area contributed by atoms with Gasteiger partial charge in [0.25, 0.3) is 0 Å². The van der Waals surface area contributed by atoms with Gasteiger partial charge in [0.15, 0.2) is 0 Å². The second-order valence-corrected chi connectivity index (χ2v) is 4.10. The predicted octanol–water partition coefficient (Wildman–Crippen LogP) is 1.84. The molecule has 2 heterocycles. The molecule has 0 atom stereocenters. The zero-order valence-corrected chi connectivity index (χ0v) is 8.97. The molecule has 1 N–H and O–H groups in total. The molecule has 0 fully saturated rings. The van der Waals surface area contributed by atoms with Gasteiger partial charge in [-0.15, -0.1) is 0 Å². The highest BCUT2D eigenvalue weighted by Crippen LogP contribution is 2.18. The van der Waals surface area contributed by atoms with Crippen LogP contribution in [0.15, 0.2) is 18.3 Å². The fourth-order valence-electron chi connectivity index (χ4n) is 1.29. The summed E-state index contributed by atoms with van der Waals surface area (Å²) in [5, 5.41) is 4.45. The fourth-order valence-corrected chi connectivity index (χ4v) is 2.20. The molecule has 0 aliphatic rings. The number of nitrogens with zero attached hydrogens (tertiary/aromatic N) is 2. The molecule has 0 aromatic carbocycles. The lowest BCUT2D eigenvalue weighted by molar-refractivity contribution is 0.715. The summed E-state index contributed by atoms with van der Waals surface area (Å²) in [6.07, 6.45) is 2.81. The van der Waals surface area contributed by atoms with E-state index in [2.05, 4.69) is 22.2 Å². The van der Waals surface area contributed by atoms with Gasteiger partial charge in [-0.25, -0.2) is 9.97 Å². The van der Waals surface area contributed by atoms with Crippen LogP contribution in [0, 0.1) is 0 Å². The van der Waals surface area contributed by atoms with Crippen LogP contribution in [0.4, 0.5) is 0 Å². The maximum absolute atomic E-state index is 4.50. The van der Waals surface area contributed by atoms with Gasteiger partial charge in [-0.3, -0.25) is 0 Å². The number of nitrogens with one attached hydrogen (secondary N) is 1. The van der Waals surface area contributed by atoms with Crippen molar-refractivity contribution in [1.82, 2.24) is 15.3 Å². The molecule has 0 spiro atoms. The summed E-state index contributed by atoms with van der Waals surface area (Å²) >= 11 is 1.69. The first-order chi connectivity index (χ1) is 6.90. The fraction of sp³-hybridized carbons (Fsp3) is 0.400. The van der Waals surface area contributed by atoms with Crippen molar-refractivity contribution >= 4 is 21.7 Å². The van der Waals surface area contributed by atoms with Crippen molar-refractivity contribution in [3.05, 3.63) is 23.3 Å². The molecule has 3 nitrogen and oxygen atoms in total. The van der Waals surface area contributed by atoms with Gasteiger partial charge in [0, 0.05) is 19.2 Å². The summed E-state index contributed by atoms with van der Waals surface area (Å²) in [6, 6.07) is 3.94. The molecule has 2 aromatic heterocycles. The highest BCUT2D eigenvalue weighted by atomic mass is 32.1. The van der Waals surface area contributed by atoms with E-state index in [0.29, 0.717) is 0 Å². The summed E-state index contributed by atoms with van der Waals surface area (Å²) in [4.78, 5) is 9.81. The van der Waals surface area contributed by atoms with E-state index in [1.807, 2.05) is 18.3 Å². The van der Waals surface area contributed by atoms with Crippen LogP contribution >= 0.6 is 11.3 Å². The zero-order valence-electron chi connectivity index (χ0n) is 8.16. The van der Waals surface area contributed by atoms with Gasteiger partial charge in [-0.2, -0.15) is 0 Å². The lowest BCUT2D eigenvalue weighted by atomic mass is 10.4. The third-order valence-corrected chi connectivity index (χ3v) is 3.02. The van der Waals surface area contributed by atoms with Gasteiger partial charge in [0.2, 0.25) is 0 Å². The molecule has 4 heteroatoms. The molecular weight excluding hydrogens is 194 g/mol. The lowest BCUT2D eigenvalue weighted by Crippen LogP contribution is -2.15. The normalized spacial score (nSPS) is 10.9. The van der Waals surface area contributed by atoms with Crippen molar-refractivity contribution in [3.8, 4) is 0 Å². The van der Waals surface area contributed by atoms with E-state index in [4.69, 9.17) is 0 Å². The van der Waals surface area contributed by atoms with Crippen molar-refractivity contribution in [1.29, 1.82) is 0 Å². The summed E-state index contributed by atoms with van der Waals surface area (Å²) in [7, 11) is 0. The highest BCUT2D eigenvalue weighted by molar-refractivity contribution is 7.18. The largest absolute Gasteiger partial charge is 0.317 e. The Kier molecular flexibility index (Phi) is 3.06. The number of fused-ring (bicyclic) bond motifs is 1. The number of pyridine rings is 1. The van der Waals surface area contributed by atoms with Gasteiger partial charge < -0.3 is 5.32 Å². The topological polar surface area (TPSA) is 37.8 Å². The van der Waals surface area contributed by atoms with Crippen molar-refractivity contribution in [2.75, 3.05) is 13.1 Å². The van der Waals surface area contributed by atoms with E-state index < -0.39 is 0 Å². The number of rotatable bonds is 4. The van der Waals surface area contributed by atoms with Crippen LogP contribution < -0.4 is 5.32 Å². The molecule has 14 heavy (non-hydrogen) atoms. The molecule has 2 rings (SSSR count). The highest BCUT2D eigenvalue weighted by Gasteiger charge is 2.02. The minimum Gasteiger partial charge on any atom is -0.317 e. The van der Waals surface area contributed by atoms with E-state index in [0.717, 1.165) is 29.9 Å². The van der Waals surface area contributed by atoms with Crippen molar-refractivity contribution in [2.45, 2.75) is 13.3 Å². The summed E-state index contributed by atoms with van der Waals surface area (Å²) < 4.78 is 0. The molecule has 0 radical (unpaired) electrons. The number of likely N-dealkylation sites (N-methyl/N-ethyl adjacent to an activating group) is 1. The van der Waals surface area contributed by atoms with Gasteiger partial charge in [0.1, 0.15) is 10.3 Å². The Morgan fingerprint density at radius 2 is 2.43 bits per heavy atom. The number of aromatic nitrogens is 2. The van der Waals surface area contributed by atoms with Gasteiger partial charge in [-0.05, 0) is 18.7 Å². The Morgan fingerprint density at radius 1 is 1.50 bits per heavy atom. The second kappa shape index (κ2) is 4.48. The van der Waals surface area contributed by atoms with Crippen molar-refractivity contribution in [3.63, 3.8) is 0 Å². The molecule has 0 aliphatic carbocycles. The van der Waals surface area contributed by atoms with Crippen LogP contribution in [-0.2, 0) is 6.42 Å². The quantitative estimate of drug-likeness (QED) is 0.777. The van der Waals surface area contributed by atoms with E-state index in [9.17, 15) is 0 Å². The van der Waals surface area contributed by atoms with Crippen LogP contribution in [-0.4, -0.2) is 23.1 Å². The smallest absolute Gasteiger partial charge is 0.143 e. The number of thiazole rings is 1. The van der Waals surface area contributed by atoms with Gasteiger partial charge in [0.05, 0.1) is 5.01 Å². The Bertz CT molecular complexity index is 377. The molecule has 0 saturated carbocycles. The first kappa shape index (κ1) is 9.55. The van der Waals surface area contributed by atoms with E-state index in [-0.39, 0.29) is 0 Å². The maximum atomic E-state index is 4.50. The first-order valence-electron chi connectivity index (χ1n) is 4.81. The standard InChI is InChI=1S/C10H13N3S/c1-2-11-7-5-9-13-8-4-3-6-12-10(8)14-9/h3-4,6,11H,2,5,7H2,1H3. The van der Waals surface area contributed by atoms with Crippen LogP contribution in [0.25, 0.3) is 10.3 Å². The van der Waals surface area contributed by atoms with Gasteiger partial charge >= 0.3 is 0 Å². The summed E-state index contributed by atoms with van der Waals surface area (Å²) in [5.74, 6) is 0. The molecule has 0 aliphatic heterocycles. The summed E-state index contributed by atoms with van der Waals surface area (Å²) in [5.41, 5.74) is 1.02. The molecule has 0 amide bonds. The second-order valence-electron chi connectivity index (χ2n) is 3.04. The van der Waals surface area contributed by atoms with Crippen molar-refractivity contribution in [2.24, 2.45) is 0 Å². The zero-order chi connectivity index (χ0) is 9.80. The lowest BCUT2D eigenvalue weighted by Gasteiger charge is -1.96. The minimum absolute atomic E-state index is 0.995. The molecule has 0 saturated heterocycles. The average Bonchev–Trinajstić information content (AvgIpc) is 2.60. The third-order valence-electron chi connectivity index (χ3n) is 1.98. The molecule has 2 aromatic rings. The number of hydrogen-bond acceptors (Lipinski definition) is 4. The van der Waals surface area contributed by atoms with E-state index >= 15 is 0 Å². The number of hydrogen-bond donors (Lipinski definition) is 1. The van der Waals surface area contributed by atoms with Gasteiger partial charge in [-0.1, -0.05) is 18.3 Å². The molecule has 74 valence electrons. The first-order valence-corrected chi connectivity index (χ1v) is 5.63. The Hall–Kier alpha value is -1.00. The Labute approximate surface area is 87.2 Å².